The highest BCUT2D eigenvalue weighted by molar-refractivity contribution is 6.21. The SMILES string of the molecule is COc1cc(C(=O)OCCN2C(=O)c3ccccc3C2=O)cc2c1OCCO2. The fourth-order valence-electron chi connectivity index (χ4n) is 3.15. The summed E-state index contributed by atoms with van der Waals surface area (Å²) in [6.07, 6.45) is 0. The van der Waals surface area contributed by atoms with Gasteiger partial charge in [0.1, 0.15) is 19.8 Å². The molecule has 0 bridgehead atoms. The third-order valence-electron chi connectivity index (χ3n) is 4.49. The van der Waals surface area contributed by atoms with Crippen LogP contribution in [0.4, 0.5) is 0 Å². The first-order valence-electron chi connectivity index (χ1n) is 8.70. The summed E-state index contributed by atoms with van der Waals surface area (Å²) in [5, 5.41) is 0. The molecule has 2 heterocycles. The van der Waals surface area contributed by atoms with Crippen molar-refractivity contribution in [1.29, 1.82) is 0 Å². The average molecular weight is 383 g/mol. The number of ether oxygens (including phenoxy) is 4. The average Bonchev–Trinajstić information content (AvgIpc) is 2.98. The highest BCUT2D eigenvalue weighted by Gasteiger charge is 2.35. The summed E-state index contributed by atoms with van der Waals surface area (Å²) in [6, 6.07) is 9.61. The lowest BCUT2D eigenvalue weighted by molar-refractivity contribution is 0.0419. The summed E-state index contributed by atoms with van der Waals surface area (Å²) in [4.78, 5) is 38.1. The smallest absolute Gasteiger partial charge is 0.338 e. The van der Waals surface area contributed by atoms with Gasteiger partial charge in [-0.15, -0.1) is 0 Å². The number of hydrogen-bond donors (Lipinski definition) is 0. The molecule has 0 fully saturated rings. The molecular weight excluding hydrogens is 366 g/mol. The first-order chi connectivity index (χ1) is 13.6. The van der Waals surface area contributed by atoms with Crippen LogP contribution in [0.25, 0.3) is 0 Å². The molecule has 0 atom stereocenters. The zero-order valence-electron chi connectivity index (χ0n) is 15.1. The Morgan fingerprint density at radius 3 is 2.43 bits per heavy atom. The van der Waals surface area contributed by atoms with Crippen molar-refractivity contribution in [3.8, 4) is 17.2 Å². The number of fused-ring (bicyclic) bond motifs is 2. The highest BCUT2D eigenvalue weighted by atomic mass is 16.6. The topological polar surface area (TPSA) is 91.4 Å². The molecule has 2 aliphatic heterocycles. The van der Waals surface area contributed by atoms with E-state index in [2.05, 4.69) is 0 Å². The second-order valence-electron chi connectivity index (χ2n) is 6.15. The van der Waals surface area contributed by atoms with Gasteiger partial charge in [-0.1, -0.05) is 12.1 Å². The van der Waals surface area contributed by atoms with E-state index in [0.29, 0.717) is 41.6 Å². The molecule has 0 aliphatic carbocycles. The predicted octanol–water partition coefficient (Wildman–Crippen LogP) is 1.92. The van der Waals surface area contributed by atoms with Crippen LogP contribution in [0.5, 0.6) is 17.2 Å². The second kappa shape index (κ2) is 7.22. The first-order valence-corrected chi connectivity index (χ1v) is 8.70. The molecule has 0 N–H and O–H groups in total. The highest BCUT2D eigenvalue weighted by Crippen LogP contribution is 2.40. The van der Waals surface area contributed by atoms with Crippen molar-refractivity contribution in [3.63, 3.8) is 0 Å². The van der Waals surface area contributed by atoms with Crippen LogP contribution in [0.1, 0.15) is 31.1 Å². The minimum absolute atomic E-state index is 0.0280. The third-order valence-corrected chi connectivity index (χ3v) is 4.49. The number of rotatable bonds is 5. The van der Waals surface area contributed by atoms with E-state index in [1.54, 1.807) is 24.3 Å². The molecule has 0 saturated carbocycles. The number of esters is 1. The summed E-state index contributed by atoms with van der Waals surface area (Å²) in [7, 11) is 1.46. The molecule has 2 amide bonds. The Hall–Kier alpha value is -3.55. The van der Waals surface area contributed by atoms with Crippen LogP contribution in [-0.4, -0.2) is 56.2 Å². The minimum Gasteiger partial charge on any atom is -0.493 e. The van der Waals surface area contributed by atoms with Crippen LogP contribution in [0.2, 0.25) is 0 Å². The minimum atomic E-state index is -0.619. The zero-order chi connectivity index (χ0) is 19.7. The van der Waals surface area contributed by atoms with Gasteiger partial charge in [-0.2, -0.15) is 0 Å². The number of carbonyl (C=O) groups excluding carboxylic acids is 3. The number of carbonyl (C=O) groups is 3. The number of amides is 2. The van der Waals surface area contributed by atoms with Crippen LogP contribution < -0.4 is 14.2 Å². The van der Waals surface area contributed by atoms with Crippen molar-refractivity contribution in [2.45, 2.75) is 0 Å². The number of methoxy groups -OCH3 is 1. The van der Waals surface area contributed by atoms with E-state index < -0.39 is 17.8 Å². The predicted molar refractivity (Wildman–Crippen MR) is 96.1 cm³/mol. The summed E-state index contributed by atoms with van der Waals surface area (Å²) >= 11 is 0. The first kappa shape index (κ1) is 17.8. The van der Waals surface area contributed by atoms with E-state index in [4.69, 9.17) is 18.9 Å². The Labute approximate surface area is 160 Å². The molecule has 2 aliphatic rings. The van der Waals surface area contributed by atoms with Gasteiger partial charge in [0.2, 0.25) is 5.75 Å². The van der Waals surface area contributed by atoms with Gasteiger partial charge in [-0.05, 0) is 24.3 Å². The van der Waals surface area contributed by atoms with E-state index in [9.17, 15) is 14.4 Å². The van der Waals surface area contributed by atoms with Crippen molar-refractivity contribution in [1.82, 2.24) is 4.90 Å². The Balaban J connectivity index is 1.42. The molecule has 0 spiro atoms. The van der Waals surface area contributed by atoms with Crippen LogP contribution in [0.15, 0.2) is 36.4 Å². The number of nitrogens with zero attached hydrogens (tertiary/aromatic N) is 1. The molecular formula is C20H17NO7. The quantitative estimate of drug-likeness (QED) is 0.575. The number of imide groups is 1. The Morgan fingerprint density at radius 2 is 1.75 bits per heavy atom. The normalized spacial score (nSPS) is 14.7. The van der Waals surface area contributed by atoms with Gasteiger partial charge in [0.05, 0.1) is 30.3 Å². The summed E-state index contributed by atoms with van der Waals surface area (Å²) in [6.45, 7) is 0.614. The van der Waals surface area contributed by atoms with Gasteiger partial charge >= 0.3 is 5.97 Å². The second-order valence-corrected chi connectivity index (χ2v) is 6.15. The molecule has 8 heteroatoms. The molecule has 0 radical (unpaired) electrons. The van der Waals surface area contributed by atoms with Crippen molar-refractivity contribution in [2.24, 2.45) is 0 Å². The maximum absolute atomic E-state index is 12.4. The molecule has 2 aromatic rings. The van der Waals surface area contributed by atoms with E-state index >= 15 is 0 Å². The Kier molecular flexibility index (Phi) is 4.60. The Morgan fingerprint density at radius 1 is 1.07 bits per heavy atom. The monoisotopic (exact) mass is 383 g/mol. The molecule has 28 heavy (non-hydrogen) atoms. The van der Waals surface area contributed by atoms with Crippen molar-refractivity contribution >= 4 is 17.8 Å². The lowest BCUT2D eigenvalue weighted by atomic mass is 10.1. The molecule has 0 unspecified atom stereocenters. The molecule has 4 rings (SSSR count). The van der Waals surface area contributed by atoms with Gasteiger partial charge in [0.25, 0.3) is 11.8 Å². The Bertz CT molecular complexity index is 917. The van der Waals surface area contributed by atoms with Crippen molar-refractivity contribution in [2.75, 3.05) is 33.5 Å². The zero-order valence-corrected chi connectivity index (χ0v) is 15.1. The van der Waals surface area contributed by atoms with Crippen LogP contribution in [-0.2, 0) is 4.74 Å². The third kappa shape index (κ3) is 3.02. The van der Waals surface area contributed by atoms with E-state index in [1.165, 1.54) is 19.2 Å². The maximum Gasteiger partial charge on any atom is 0.338 e. The van der Waals surface area contributed by atoms with Gasteiger partial charge < -0.3 is 18.9 Å². The van der Waals surface area contributed by atoms with Crippen molar-refractivity contribution in [3.05, 3.63) is 53.1 Å². The van der Waals surface area contributed by atoms with Crippen LogP contribution >= 0.6 is 0 Å². The molecule has 0 aromatic heterocycles. The van der Waals surface area contributed by atoms with Gasteiger partial charge in [0, 0.05) is 0 Å². The van der Waals surface area contributed by atoms with Gasteiger partial charge in [-0.25, -0.2) is 4.79 Å². The lowest BCUT2D eigenvalue weighted by Gasteiger charge is -2.21. The number of benzene rings is 2. The van der Waals surface area contributed by atoms with Crippen LogP contribution in [0, 0.1) is 0 Å². The lowest BCUT2D eigenvalue weighted by Crippen LogP contribution is -2.33. The van der Waals surface area contributed by atoms with Gasteiger partial charge in [-0.3, -0.25) is 14.5 Å². The van der Waals surface area contributed by atoms with Gasteiger partial charge in [0.15, 0.2) is 11.5 Å². The summed E-state index contributed by atoms with van der Waals surface area (Å²) < 4.78 is 21.5. The van der Waals surface area contributed by atoms with Crippen molar-refractivity contribution < 1.29 is 33.3 Å². The van der Waals surface area contributed by atoms with Crippen LogP contribution in [0.3, 0.4) is 0 Å². The fraction of sp³-hybridized carbons (Fsp3) is 0.250. The molecule has 8 nitrogen and oxygen atoms in total. The largest absolute Gasteiger partial charge is 0.493 e. The molecule has 0 saturated heterocycles. The molecule has 144 valence electrons. The number of hydrogen-bond acceptors (Lipinski definition) is 7. The standard InChI is InChI=1S/C20H17NO7/c1-25-15-10-12(11-16-17(15)27-9-8-26-16)20(24)28-7-6-21-18(22)13-4-2-3-5-14(13)19(21)23/h2-5,10-11H,6-9H2,1H3. The summed E-state index contributed by atoms with van der Waals surface area (Å²) in [5.74, 6) is -0.194. The van der Waals surface area contributed by atoms with E-state index in [1.807, 2.05) is 0 Å². The molecule has 2 aromatic carbocycles. The summed E-state index contributed by atoms with van der Waals surface area (Å²) in [5.41, 5.74) is 0.939. The van der Waals surface area contributed by atoms with E-state index in [-0.39, 0.29) is 18.7 Å². The maximum atomic E-state index is 12.4. The fourth-order valence-corrected chi connectivity index (χ4v) is 3.15. The van der Waals surface area contributed by atoms with E-state index in [0.717, 1.165) is 4.90 Å².